The maximum Gasteiger partial charge on any atom is 0.276 e. The van der Waals surface area contributed by atoms with Crippen molar-refractivity contribution in [3.05, 3.63) is 50.3 Å². The minimum atomic E-state index is -1.16. The quantitative estimate of drug-likeness (QED) is 0.371. The number of fused-ring (bicyclic) bond motifs is 1. The second-order valence-corrected chi connectivity index (χ2v) is 8.92. The summed E-state index contributed by atoms with van der Waals surface area (Å²) >= 11 is 12.7. The Balaban J connectivity index is 1.86. The Morgan fingerprint density at radius 1 is 1.24 bits per heavy atom. The first kappa shape index (κ1) is 25.6. The number of hydrogen-bond acceptors (Lipinski definition) is 5. The first-order valence-corrected chi connectivity index (χ1v) is 11.7. The molecule has 1 aliphatic heterocycles. The highest BCUT2D eigenvalue weighted by atomic mass is 35.5. The summed E-state index contributed by atoms with van der Waals surface area (Å²) in [7, 11) is 0. The number of aromatic nitrogens is 2. The second-order valence-electron chi connectivity index (χ2n) is 8.16. The van der Waals surface area contributed by atoms with E-state index in [4.69, 9.17) is 37.4 Å². The lowest BCUT2D eigenvalue weighted by molar-refractivity contribution is -0.0755. The number of aliphatic hydroxyl groups is 1. The Kier molecular flexibility index (Phi) is 8.87. The lowest BCUT2D eigenvalue weighted by Gasteiger charge is -2.17. The van der Waals surface area contributed by atoms with E-state index in [1.807, 2.05) is 13.8 Å². The van der Waals surface area contributed by atoms with Gasteiger partial charge in [-0.15, -0.1) is 0 Å². The van der Waals surface area contributed by atoms with Gasteiger partial charge in [0.25, 0.3) is 5.56 Å². The van der Waals surface area contributed by atoms with Crippen molar-refractivity contribution in [2.24, 2.45) is 5.92 Å². The summed E-state index contributed by atoms with van der Waals surface area (Å²) in [5.41, 5.74) is -0.260. The van der Waals surface area contributed by atoms with Gasteiger partial charge >= 0.3 is 0 Å². The third-order valence-electron chi connectivity index (χ3n) is 5.08. The van der Waals surface area contributed by atoms with Gasteiger partial charge in [-0.2, -0.15) is 0 Å². The van der Waals surface area contributed by atoms with Crippen molar-refractivity contribution in [2.45, 2.75) is 53.0 Å². The zero-order chi connectivity index (χ0) is 24.1. The number of benzene rings is 1. The molecule has 33 heavy (non-hydrogen) atoms. The van der Waals surface area contributed by atoms with Gasteiger partial charge in [0.05, 0.1) is 23.8 Å². The van der Waals surface area contributed by atoms with Crippen LogP contribution in [0.3, 0.4) is 0 Å². The van der Waals surface area contributed by atoms with Crippen molar-refractivity contribution < 1.29 is 23.7 Å². The standard InChI is InChI=1S/C23H29Cl2FN2O5/c1-4-31-15(9-20(29)33-12-14(2)3)13-32-19-10-16(18(26)11-17(19)24)21-22(25)27-7-5-6-8-28(27)23(21)30/h9-11,14,20,29H,4-8,12-13H2,1-3H3/b15-9+. The third kappa shape index (κ3) is 6.12. The van der Waals surface area contributed by atoms with Crippen LogP contribution in [0, 0.1) is 11.7 Å². The van der Waals surface area contributed by atoms with Crippen molar-refractivity contribution in [2.75, 3.05) is 19.8 Å². The van der Waals surface area contributed by atoms with Crippen molar-refractivity contribution in [1.82, 2.24) is 9.36 Å². The molecule has 0 fully saturated rings. The van der Waals surface area contributed by atoms with Crippen LogP contribution in [0.4, 0.5) is 4.39 Å². The normalized spacial score (nSPS) is 15.0. The molecule has 0 saturated heterocycles. The molecule has 1 atom stereocenters. The molecule has 1 aromatic heterocycles. The first-order chi connectivity index (χ1) is 15.7. The van der Waals surface area contributed by atoms with Crippen LogP contribution in [0.25, 0.3) is 11.1 Å². The van der Waals surface area contributed by atoms with Gasteiger partial charge in [-0.1, -0.05) is 37.0 Å². The summed E-state index contributed by atoms with van der Waals surface area (Å²) in [5, 5.41) is 10.3. The third-order valence-corrected chi connectivity index (χ3v) is 5.76. The number of aliphatic hydroxyl groups excluding tert-OH is 1. The van der Waals surface area contributed by atoms with Crippen LogP contribution >= 0.6 is 23.2 Å². The van der Waals surface area contributed by atoms with Gasteiger partial charge in [0.2, 0.25) is 0 Å². The van der Waals surface area contributed by atoms with E-state index in [1.54, 1.807) is 11.6 Å². The molecule has 2 aromatic rings. The summed E-state index contributed by atoms with van der Waals surface area (Å²) in [6.07, 6.45) is 1.99. The van der Waals surface area contributed by atoms with E-state index in [-0.39, 0.29) is 45.1 Å². The van der Waals surface area contributed by atoms with Gasteiger partial charge in [-0.25, -0.2) is 9.07 Å². The molecule has 1 N–H and O–H groups in total. The number of rotatable bonds is 10. The molecular weight excluding hydrogens is 474 g/mol. The van der Waals surface area contributed by atoms with Crippen LogP contribution in [0.1, 0.15) is 33.6 Å². The van der Waals surface area contributed by atoms with Crippen molar-refractivity contribution in [3.8, 4) is 16.9 Å². The molecule has 0 saturated carbocycles. The summed E-state index contributed by atoms with van der Waals surface area (Å²) in [6, 6.07) is 2.45. The number of hydrogen-bond donors (Lipinski definition) is 1. The fourth-order valence-electron chi connectivity index (χ4n) is 3.55. The van der Waals surface area contributed by atoms with E-state index < -0.39 is 12.1 Å². The zero-order valence-electron chi connectivity index (χ0n) is 18.9. The largest absolute Gasteiger partial charge is 0.495 e. The smallest absolute Gasteiger partial charge is 0.276 e. The van der Waals surface area contributed by atoms with Crippen molar-refractivity contribution in [3.63, 3.8) is 0 Å². The Bertz CT molecular complexity index is 1060. The first-order valence-electron chi connectivity index (χ1n) is 11.0. The Hall–Kier alpha value is -2.00. The van der Waals surface area contributed by atoms with Crippen LogP contribution in [0.2, 0.25) is 10.2 Å². The van der Waals surface area contributed by atoms with E-state index in [9.17, 15) is 14.3 Å². The Morgan fingerprint density at radius 2 is 1.94 bits per heavy atom. The Morgan fingerprint density at radius 3 is 2.58 bits per heavy atom. The maximum absolute atomic E-state index is 14.8. The van der Waals surface area contributed by atoms with Crippen LogP contribution in [0.15, 0.2) is 28.8 Å². The average Bonchev–Trinajstić information content (AvgIpc) is 3.02. The highest BCUT2D eigenvalue weighted by molar-refractivity contribution is 6.33. The molecule has 0 amide bonds. The molecule has 0 radical (unpaired) electrons. The molecule has 0 aliphatic carbocycles. The van der Waals surface area contributed by atoms with Gasteiger partial charge in [-0.05, 0) is 37.8 Å². The molecular formula is C23H29Cl2FN2O5. The lowest BCUT2D eigenvalue weighted by atomic mass is 10.1. The van der Waals surface area contributed by atoms with E-state index in [0.29, 0.717) is 32.1 Å². The zero-order valence-corrected chi connectivity index (χ0v) is 20.5. The van der Waals surface area contributed by atoms with Crippen LogP contribution < -0.4 is 10.3 Å². The molecule has 0 bridgehead atoms. The highest BCUT2D eigenvalue weighted by Crippen LogP contribution is 2.36. The lowest BCUT2D eigenvalue weighted by Crippen LogP contribution is -2.27. The molecule has 2 heterocycles. The van der Waals surface area contributed by atoms with Crippen LogP contribution in [-0.2, 0) is 22.6 Å². The van der Waals surface area contributed by atoms with Gasteiger partial charge in [0, 0.05) is 24.7 Å². The highest BCUT2D eigenvalue weighted by Gasteiger charge is 2.25. The minimum Gasteiger partial charge on any atom is -0.495 e. The maximum atomic E-state index is 14.8. The predicted octanol–water partition coefficient (Wildman–Crippen LogP) is 4.85. The molecule has 7 nitrogen and oxygen atoms in total. The van der Waals surface area contributed by atoms with E-state index in [1.165, 1.54) is 16.8 Å². The molecule has 1 unspecified atom stereocenters. The summed E-state index contributed by atoms with van der Waals surface area (Å²) in [6.45, 7) is 7.49. The van der Waals surface area contributed by atoms with E-state index in [0.717, 1.165) is 18.9 Å². The molecule has 1 aliphatic rings. The van der Waals surface area contributed by atoms with Gasteiger partial charge in [0.1, 0.15) is 29.1 Å². The Labute approximate surface area is 202 Å². The summed E-state index contributed by atoms with van der Waals surface area (Å²) < 4.78 is 34.6. The monoisotopic (exact) mass is 502 g/mol. The molecule has 1 aromatic carbocycles. The number of ether oxygens (including phenoxy) is 3. The molecule has 10 heteroatoms. The molecule has 182 valence electrons. The topological polar surface area (TPSA) is 74.8 Å². The van der Waals surface area contributed by atoms with Gasteiger partial charge < -0.3 is 19.3 Å². The van der Waals surface area contributed by atoms with Gasteiger partial charge in [-0.3, -0.25) is 9.48 Å². The van der Waals surface area contributed by atoms with Crippen LogP contribution in [-0.4, -0.2) is 40.6 Å². The second kappa shape index (κ2) is 11.4. The fraction of sp³-hybridized carbons (Fsp3) is 0.522. The SMILES string of the molecule is CCO/C(=C/C(O)OCC(C)C)COc1cc(-c2c(Cl)n3n(c2=O)CCCC3)c(F)cc1Cl. The minimum absolute atomic E-state index is 0.0149. The molecule has 3 rings (SSSR count). The average molecular weight is 503 g/mol. The van der Waals surface area contributed by atoms with Crippen molar-refractivity contribution in [1.29, 1.82) is 0 Å². The summed E-state index contributed by atoms with van der Waals surface area (Å²) in [5.74, 6) is 0.0641. The number of halogens is 3. The van der Waals surface area contributed by atoms with E-state index >= 15 is 0 Å². The number of nitrogens with zero attached hydrogens (tertiary/aromatic N) is 2. The predicted molar refractivity (Wildman–Crippen MR) is 125 cm³/mol. The van der Waals surface area contributed by atoms with E-state index in [2.05, 4.69) is 0 Å². The summed E-state index contributed by atoms with van der Waals surface area (Å²) in [4.78, 5) is 12.9. The van der Waals surface area contributed by atoms with Gasteiger partial charge in [0.15, 0.2) is 6.29 Å². The van der Waals surface area contributed by atoms with Crippen LogP contribution in [0.5, 0.6) is 5.75 Å². The fourth-order valence-corrected chi connectivity index (χ4v) is 4.12. The molecule has 0 spiro atoms. The van der Waals surface area contributed by atoms with Crippen molar-refractivity contribution >= 4 is 23.2 Å².